The first-order valence-corrected chi connectivity index (χ1v) is 6.31. The summed E-state index contributed by atoms with van der Waals surface area (Å²) in [6, 6.07) is 4.92. The molecule has 3 N–H and O–H groups in total. The van der Waals surface area contributed by atoms with Crippen LogP contribution < -0.4 is 10.6 Å². The van der Waals surface area contributed by atoms with Crippen LogP contribution in [0.5, 0.6) is 0 Å². The second kappa shape index (κ2) is 6.78. The van der Waals surface area contributed by atoms with Gasteiger partial charge in [-0.15, -0.1) is 0 Å². The molecular weight excluding hydrogens is 244 g/mol. The lowest BCUT2D eigenvalue weighted by Gasteiger charge is -2.13. The van der Waals surface area contributed by atoms with Gasteiger partial charge in [0.25, 0.3) is 0 Å². The SMILES string of the molecule is CCc1ccc(NC(=O)NC(C)CC(=O)O)cc1C. The number of nitrogens with one attached hydrogen (secondary N) is 2. The van der Waals surface area contributed by atoms with Crippen LogP contribution in [0.15, 0.2) is 18.2 Å². The minimum absolute atomic E-state index is 0.0960. The monoisotopic (exact) mass is 264 g/mol. The molecule has 0 radical (unpaired) electrons. The topological polar surface area (TPSA) is 78.4 Å². The maximum atomic E-state index is 11.7. The second-order valence-corrected chi connectivity index (χ2v) is 4.59. The van der Waals surface area contributed by atoms with Gasteiger partial charge in [0.1, 0.15) is 0 Å². The Hall–Kier alpha value is -2.04. The number of carboxylic acids is 1. The van der Waals surface area contributed by atoms with Crippen molar-refractivity contribution in [3.63, 3.8) is 0 Å². The van der Waals surface area contributed by atoms with E-state index in [-0.39, 0.29) is 6.42 Å². The molecule has 1 rings (SSSR count). The van der Waals surface area contributed by atoms with Crippen LogP contribution in [-0.4, -0.2) is 23.1 Å². The summed E-state index contributed by atoms with van der Waals surface area (Å²) in [4.78, 5) is 22.1. The third-order valence-corrected chi connectivity index (χ3v) is 2.84. The van der Waals surface area contributed by atoms with Crippen LogP contribution in [0.2, 0.25) is 0 Å². The molecule has 0 saturated heterocycles. The number of carbonyl (C=O) groups excluding carboxylic acids is 1. The van der Waals surface area contributed by atoms with Crippen molar-refractivity contribution >= 4 is 17.7 Å². The molecule has 1 unspecified atom stereocenters. The summed E-state index contributed by atoms with van der Waals surface area (Å²) in [7, 11) is 0. The number of hydrogen-bond donors (Lipinski definition) is 3. The van der Waals surface area contributed by atoms with Crippen molar-refractivity contribution in [3.05, 3.63) is 29.3 Å². The Balaban J connectivity index is 2.57. The van der Waals surface area contributed by atoms with E-state index in [9.17, 15) is 9.59 Å². The van der Waals surface area contributed by atoms with Gasteiger partial charge in [0, 0.05) is 11.7 Å². The van der Waals surface area contributed by atoms with Crippen molar-refractivity contribution in [2.24, 2.45) is 0 Å². The quantitative estimate of drug-likeness (QED) is 0.764. The van der Waals surface area contributed by atoms with Gasteiger partial charge in [-0.3, -0.25) is 4.79 Å². The van der Waals surface area contributed by atoms with Crippen LogP contribution in [0.25, 0.3) is 0 Å². The van der Waals surface area contributed by atoms with Crippen LogP contribution in [0.4, 0.5) is 10.5 Å². The molecule has 5 nitrogen and oxygen atoms in total. The molecule has 0 spiro atoms. The molecule has 0 aliphatic heterocycles. The number of amides is 2. The van der Waals surface area contributed by atoms with E-state index >= 15 is 0 Å². The highest BCUT2D eigenvalue weighted by atomic mass is 16.4. The third kappa shape index (κ3) is 4.99. The summed E-state index contributed by atoms with van der Waals surface area (Å²) in [6.07, 6.45) is 0.856. The molecule has 0 saturated carbocycles. The van der Waals surface area contributed by atoms with Gasteiger partial charge in [-0.1, -0.05) is 13.0 Å². The van der Waals surface area contributed by atoms with Gasteiger partial charge >= 0.3 is 12.0 Å². The average Bonchev–Trinajstić information content (AvgIpc) is 2.27. The third-order valence-electron chi connectivity index (χ3n) is 2.84. The summed E-state index contributed by atoms with van der Waals surface area (Å²) >= 11 is 0. The van der Waals surface area contributed by atoms with Gasteiger partial charge in [-0.25, -0.2) is 4.79 Å². The van der Waals surface area contributed by atoms with Gasteiger partial charge in [0.15, 0.2) is 0 Å². The Labute approximate surface area is 113 Å². The van der Waals surface area contributed by atoms with Crippen LogP contribution in [0.1, 0.15) is 31.4 Å². The predicted molar refractivity (Wildman–Crippen MR) is 74.4 cm³/mol. The molecule has 0 aliphatic carbocycles. The molecule has 0 heterocycles. The minimum Gasteiger partial charge on any atom is -0.481 e. The summed E-state index contributed by atoms with van der Waals surface area (Å²) in [6.45, 7) is 5.73. The highest BCUT2D eigenvalue weighted by Gasteiger charge is 2.11. The Kier molecular flexibility index (Phi) is 5.36. The largest absolute Gasteiger partial charge is 0.481 e. The Morgan fingerprint density at radius 2 is 2.05 bits per heavy atom. The van der Waals surface area contributed by atoms with Crippen LogP contribution >= 0.6 is 0 Å². The summed E-state index contributed by atoms with van der Waals surface area (Å²) in [5, 5.41) is 13.9. The van der Waals surface area contributed by atoms with Crippen molar-refractivity contribution in [1.82, 2.24) is 5.32 Å². The molecule has 5 heteroatoms. The van der Waals surface area contributed by atoms with Crippen molar-refractivity contribution in [2.45, 2.75) is 39.7 Å². The van der Waals surface area contributed by atoms with Gasteiger partial charge in [-0.2, -0.15) is 0 Å². The molecule has 19 heavy (non-hydrogen) atoms. The fraction of sp³-hybridized carbons (Fsp3) is 0.429. The normalized spacial score (nSPS) is 11.7. The fourth-order valence-corrected chi connectivity index (χ4v) is 1.87. The first-order valence-electron chi connectivity index (χ1n) is 6.31. The van der Waals surface area contributed by atoms with Crippen molar-refractivity contribution in [2.75, 3.05) is 5.32 Å². The number of carbonyl (C=O) groups is 2. The van der Waals surface area contributed by atoms with Gasteiger partial charge in [0.05, 0.1) is 6.42 Å². The molecule has 1 aromatic rings. The van der Waals surface area contributed by atoms with Crippen molar-refractivity contribution in [3.8, 4) is 0 Å². The highest BCUT2D eigenvalue weighted by Crippen LogP contribution is 2.15. The predicted octanol–water partition coefficient (Wildman–Crippen LogP) is 2.54. The van der Waals surface area contributed by atoms with Crippen molar-refractivity contribution in [1.29, 1.82) is 0 Å². The molecule has 2 amide bonds. The first-order chi connectivity index (χ1) is 8.92. The Morgan fingerprint density at radius 3 is 2.58 bits per heavy atom. The van der Waals surface area contributed by atoms with Gasteiger partial charge < -0.3 is 15.7 Å². The van der Waals surface area contributed by atoms with E-state index in [1.165, 1.54) is 5.56 Å². The number of benzene rings is 1. The van der Waals surface area contributed by atoms with Crippen molar-refractivity contribution < 1.29 is 14.7 Å². The number of anilines is 1. The Bertz CT molecular complexity index is 472. The van der Waals surface area contributed by atoms with Crippen LogP contribution in [-0.2, 0) is 11.2 Å². The number of urea groups is 1. The molecule has 0 aliphatic rings. The maximum Gasteiger partial charge on any atom is 0.319 e. The van der Waals surface area contributed by atoms with Gasteiger partial charge in [-0.05, 0) is 43.5 Å². The summed E-state index contributed by atoms with van der Waals surface area (Å²) in [5.74, 6) is -0.934. The van der Waals surface area contributed by atoms with E-state index in [2.05, 4.69) is 17.6 Å². The lowest BCUT2D eigenvalue weighted by molar-refractivity contribution is -0.137. The number of aliphatic carboxylic acids is 1. The molecule has 0 fully saturated rings. The molecule has 0 aromatic heterocycles. The zero-order chi connectivity index (χ0) is 14.4. The van der Waals surface area contributed by atoms with Gasteiger partial charge in [0.2, 0.25) is 0 Å². The zero-order valence-corrected chi connectivity index (χ0v) is 11.5. The molecular formula is C14H20N2O3. The first kappa shape index (κ1) is 15.0. The Morgan fingerprint density at radius 1 is 1.37 bits per heavy atom. The van der Waals surface area contributed by atoms with E-state index in [0.717, 1.165) is 12.0 Å². The highest BCUT2D eigenvalue weighted by molar-refractivity contribution is 5.89. The minimum atomic E-state index is -0.934. The molecule has 1 aromatic carbocycles. The van der Waals surface area contributed by atoms with E-state index in [4.69, 9.17) is 5.11 Å². The number of hydrogen-bond acceptors (Lipinski definition) is 2. The maximum absolute atomic E-state index is 11.7. The van der Waals surface area contributed by atoms with E-state index < -0.39 is 18.0 Å². The van der Waals surface area contributed by atoms with E-state index in [1.54, 1.807) is 6.92 Å². The summed E-state index contributed by atoms with van der Waals surface area (Å²) < 4.78 is 0. The van der Waals surface area contributed by atoms with E-state index in [0.29, 0.717) is 5.69 Å². The second-order valence-electron chi connectivity index (χ2n) is 4.59. The fourth-order valence-electron chi connectivity index (χ4n) is 1.87. The number of carboxylic acid groups (broad SMARTS) is 1. The molecule has 104 valence electrons. The summed E-state index contributed by atoms with van der Waals surface area (Å²) in [5.41, 5.74) is 3.07. The standard InChI is InChI=1S/C14H20N2O3/c1-4-11-5-6-12(7-9(11)2)16-14(19)15-10(3)8-13(17)18/h5-7,10H,4,8H2,1-3H3,(H,17,18)(H2,15,16,19). The molecule has 1 atom stereocenters. The number of rotatable bonds is 5. The smallest absolute Gasteiger partial charge is 0.319 e. The average molecular weight is 264 g/mol. The van der Waals surface area contributed by atoms with E-state index in [1.807, 2.05) is 25.1 Å². The molecule has 0 bridgehead atoms. The lowest BCUT2D eigenvalue weighted by Crippen LogP contribution is -2.37. The number of aryl methyl sites for hydroxylation is 2. The lowest BCUT2D eigenvalue weighted by atomic mass is 10.1. The van der Waals surface area contributed by atoms with Crippen LogP contribution in [0.3, 0.4) is 0 Å². The zero-order valence-electron chi connectivity index (χ0n) is 11.5. The van der Waals surface area contributed by atoms with Crippen LogP contribution in [0, 0.1) is 6.92 Å².